The van der Waals surface area contributed by atoms with Crippen molar-refractivity contribution in [3.8, 4) is 0 Å². The van der Waals surface area contributed by atoms with Gasteiger partial charge in [-0.05, 0) is 27.7 Å². The molecule has 0 atom stereocenters. The number of piperidine rings is 1. The highest BCUT2D eigenvalue weighted by Gasteiger charge is 2.39. The van der Waals surface area contributed by atoms with Crippen LogP contribution in [0, 0.1) is 0 Å². The van der Waals surface area contributed by atoms with E-state index < -0.39 is 0 Å². The van der Waals surface area contributed by atoms with Gasteiger partial charge < -0.3 is 4.48 Å². The lowest BCUT2D eigenvalue weighted by Crippen LogP contribution is -2.62. The highest BCUT2D eigenvalue weighted by molar-refractivity contribution is 5.80. The van der Waals surface area contributed by atoms with Crippen LogP contribution in [0.4, 0.5) is 0 Å². The van der Waals surface area contributed by atoms with Crippen LogP contribution in [-0.4, -0.2) is 35.4 Å². The van der Waals surface area contributed by atoms with Gasteiger partial charge in [0.15, 0.2) is 5.78 Å². The van der Waals surface area contributed by atoms with Crippen LogP contribution in [0.5, 0.6) is 0 Å². The second kappa shape index (κ2) is 3.79. The van der Waals surface area contributed by atoms with E-state index >= 15 is 0 Å². The van der Waals surface area contributed by atoms with Crippen molar-refractivity contribution in [2.75, 3.05) is 13.1 Å². The van der Waals surface area contributed by atoms with E-state index in [1.807, 2.05) is 0 Å². The van der Waals surface area contributed by atoms with Gasteiger partial charge in [-0.1, -0.05) is 0 Å². The van der Waals surface area contributed by atoms with Crippen LogP contribution in [0.1, 0.15) is 40.5 Å². The van der Waals surface area contributed by atoms with Crippen molar-refractivity contribution >= 4 is 5.78 Å². The van der Waals surface area contributed by atoms with Crippen LogP contribution in [0.3, 0.4) is 0 Å². The van der Waals surface area contributed by atoms with Gasteiger partial charge in [0, 0.05) is 12.8 Å². The van der Waals surface area contributed by atoms with Crippen molar-refractivity contribution in [3.05, 3.63) is 0 Å². The lowest BCUT2D eigenvalue weighted by atomic mass is 10.0. The smallest absolute Gasteiger partial charge is 0.187 e. The van der Waals surface area contributed by atoms with Crippen LogP contribution in [-0.2, 0) is 4.79 Å². The van der Waals surface area contributed by atoms with E-state index in [0.717, 1.165) is 23.9 Å². The van der Waals surface area contributed by atoms with E-state index in [2.05, 4.69) is 27.7 Å². The van der Waals surface area contributed by atoms with E-state index in [4.69, 9.17) is 0 Å². The summed E-state index contributed by atoms with van der Waals surface area (Å²) in [5, 5.41) is 0. The van der Waals surface area contributed by atoms with E-state index in [-0.39, 0.29) is 0 Å². The number of hydrogen-bond acceptors (Lipinski definition) is 1. The molecule has 1 aliphatic rings. The maximum Gasteiger partial charge on any atom is 0.187 e. The average molecular weight is 184 g/mol. The molecular weight excluding hydrogens is 162 g/mol. The summed E-state index contributed by atoms with van der Waals surface area (Å²) in [6, 6.07) is 1.15. The first-order chi connectivity index (χ1) is 5.99. The molecule has 0 spiro atoms. The monoisotopic (exact) mass is 184 g/mol. The Bertz CT molecular complexity index is 188. The fourth-order valence-electron chi connectivity index (χ4n) is 2.53. The molecule has 1 rings (SSSR count). The van der Waals surface area contributed by atoms with Crippen LogP contribution in [0.25, 0.3) is 0 Å². The molecule has 0 radical (unpaired) electrons. The van der Waals surface area contributed by atoms with Gasteiger partial charge in [-0.3, -0.25) is 4.79 Å². The van der Waals surface area contributed by atoms with Crippen LogP contribution < -0.4 is 0 Å². The zero-order chi connectivity index (χ0) is 10.1. The molecule has 1 fully saturated rings. The molecule has 0 unspecified atom stereocenters. The summed E-state index contributed by atoms with van der Waals surface area (Å²) in [6.45, 7) is 10.9. The largest absolute Gasteiger partial charge is 0.313 e. The Balaban J connectivity index is 2.83. The first kappa shape index (κ1) is 10.7. The highest BCUT2D eigenvalue weighted by atomic mass is 16.1. The molecule has 0 aromatic rings. The summed E-state index contributed by atoms with van der Waals surface area (Å²) in [4.78, 5) is 11.5. The van der Waals surface area contributed by atoms with Crippen molar-refractivity contribution in [1.82, 2.24) is 0 Å². The predicted octanol–water partition coefficient (Wildman–Crippen LogP) is 1.98. The zero-order valence-electron chi connectivity index (χ0n) is 9.34. The highest BCUT2D eigenvalue weighted by Crippen LogP contribution is 2.24. The second-order valence-corrected chi connectivity index (χ2v) is 4.81. The maximum atomic E-state index is 11.5. The Hall–Kier alpha value is -0.370. The summed E-state index contributed by atoms with van der Waals surface area (Å²) in [7, 11) is 0. The molecule has 0 aromatic carbocycles. The third-order valence-electron chi connectivity index (χ3n) is 3.56. The first-order valence-corrected chi connectivity index (χ1v) is 5.37. The molecule has 1 aliphatic heterocycles. The van der Waals surface area contributed by atoms with Gasteiger partial charge in [-0.25, -0.2) is 0 Å². The molecule has 2 nitrogen and oxygen atoms in total. The Labute approximate surface area is 81.5 Å². The number of carbonyl (C=O) groups is 1. The topological polar surface area (TPSA) is 17.1 Å². The van der Waals surface area contributed by atoms with E-state index in [0.29, 0.717) is 17.9 Å². The van der Waals surface area contributed by atoms with E-state index in [1.54, 1.807) is 0 Å². The summed E-state index contributed by atoms with van der Waals surface area (Å²) in [6.07, 6.45) is 1.88. The molecular formula is C11H22NO+. The molecule has 1 heterocycles. The molecule has 2 heteroatoms. The van der Waals surface area contributed by atoms with Gasteiger partial charge in [0.1, 0.15) is 6.54 Å². The molecule has 0 amide bonds. The van der Waals surface area contributed by atoms with Gasteiger partial charge in [0.05, 0.1) is 18.6 Å². The number of Topliss-reactive ketones (excluding diaryl/α,β-unsaturated/α-hetero) is 1. The molecule has 13 heavy (non-hydrogen) atoms. The molecule has 0 N–H and O–H groups in total. The summed E-state index contributed by atoms with van der Waals surface area (Å²) in [5.41, 5.74) is 0. The summed E-state index contributed by atoms with van der Waals surface area (Å²) in [5.74, 6) is 0.452. The molecule has 0 bridgehead atoms. The predicted molar refractivity (Wildman–Crippen MR) is 54.5 cm³/mol. The van der Waals surface area contributed by atoms with Crippen molar-refractivity contribution in [1.29, 1.82) is 0 Å². The van der Waals surface area contributed by atoms with Crippen molar-refractivity contribution in [3.63, 3.8) is 0 Å². The van der Waals surface area contributed by atoms with Crippen molar-refractivity contribution < 1.29 is 9.28 Å². The minimum Gasteiger partial charge on any atom is -0.313 e. The number of rotatable bonds is 2. The average Bonchev–Trinajstić information content (AvgIpc) is 2.03. The standard InChI is InChI=1S/C11H22NO/c1-9(2)12(10(3)4)7-5-6-11(13)8-12/h9-10H,5-8H2,1-4H3/q+1. The van der Waals surface area contributed by atoms with Gasteiger partial charge in [-0.15, -0.1) is 0 Å². The van der Waals surface area contributed by atoms with Crippen molar-refractivity contribution in [2.45, 2.75) is 52.6 Å². The molecule has 76 valence electrons. The minimum atomic E-state index is 0.452. The summed E-state index contributed by atoms with van der Waals surface area (Å²) < 4.78 is 0.999. The Morgan fingerprint density at radius 3 is 2.00 bits per heavy atom. The van der Waals surface area contributed by atoms with Crippen LogP contribution in [0.2, 0.25) is 0 Å². The van der Waals surface area contributed by atoms with Gasteiger partial charge in [-0.2, -0.15) is 0 Å². The summed E-state index contributed by atoms with van der Waals surface area (Å²) >= 11 is 0. The second-order valence-electron chi connectivity index (χ2n) is 4.81. The normalized spacial score (nSPS) is 22.8. The number of ketones is 1. The molecule has 0 saturated carbocycles. The number of carbonyl (C=O) groups excluding carboxylic acids is 1. The Kier molecular flexibility index (Phi) is 3.12. The van der Waals surface area contributed by atoms with Crippen LogP contribution in [0.15, 0.2) is 0 Å². The van der Waals surface area contributed by atoms with E-state index in [9.17, 15) is 4.79 Å². The van der Waals surface area contributed by atoms with Gasteiger partial charge in [0.2, 0.25) is 0 Å². The maximum absolute atomic E-state index is 11.5. The first-order valence-electron chi connectivity index (χ1n) is 5.37. The SMILES string of the molecule is CC(C)[N+]1(C(C)C)CCCC(=O)C1. The number of nitrogens with zero attached hydrogens (tertiary/aromatic N) is 1. The molecule has 1 saturated heterocycles. The number of hydrogen-bond donors (Lipinski definition) is 0. The number of likely N-dealkylation sites (tertiary alicyclic amines) is 1. The number of quaternary nitrogens is 1. The minimum absolute atomic E-state index is 0.452. The van der Waals surface area contributed by atoms with Crippen LogP contribution >= 0.6 is 0 Å². The van der Waals surface area contributed by atoms with Gasteiger partial charge in [0.25, 0.3) is 0 Å². The fraction of sp³-hybridized carbons (Fsp3) is 0.909. The molecule has 0 aromatic heterocycles. The lowest BCUT2D eigenvalue weighted by Gasteiger charge is -2.47. The van der Waals surface area contributed by atoms with E-state index in [1.165, 1.54) is 6.54 Å². The zero-order valence-corrected chi connectivity index (χ0v) is 9.34. The Morgan fingerprint density at radius 2 is 1.69 bits per heavy atom. The fourth-order valence-corrected chi connectivity index (χ4v) is 2.53. The quantitative estimate of drug-likeness (QED) is 0.600. The van der Waals surface area contributed by atoms with Crippen molar-refractivity contribution in [2.24, 2.45) is 0 Å². The third kappa shape index (κ3) is 1.93. The van der Waals surface area contributed by atoms with Gasteiger partial charge >= 0.3 is 0 Å². The lowest BCUT2D eigenvalue weighted by molar-refractivity contribution is -0.962. The Morgan fingerprint density at radius 1 is 1.15 bits per heavy atom. The third-order valence-corrected chi connectivity index (χ3v) is 3.56. The molecule has 0 aliphatic carbocycles.